The Morgan fingerprint density at radius 1 is 1.31 bits per heavy atom. The topological polar surface area (TPSA) is 17.1 Å². The lowest BCUT2D eigenvalue weighted by atomic mass is 10.2. The second-order valence-electron chi connectivity index (χ2n) is 3.82. The van der Waals surface area contributed by atoms with Crippen molar-refractivity contribution in [2.45, 2.75) is 39.0 Å². The average molecular weight is 256 g/mol. The zero-order valence-corrected chi connectivity index (χ0v) is 11.5. The lowest BCUT2D eigenvalue weighted by Crippen LogP contribution is -1.96. The third kappa shape index (κ3) is 5.71. The van der Waals surface area contributed by atoms with Crippen LogP contribution in [0.15, 0.2) is 17.5 Å². The highest BCUT2D eigenvalue weighted by atomic mass is 32.2. The minimum absolute atomic E-state index is 0.309. The lowest BCUT2D eigenvalue weighted by molar-refractivity contribution is 0.0986. The molecule has 0 unspecified atom stereocenters. The van der Waals surface area contributed by atoms with Crippen LogP contribution in [0.1, 0.15) is 48.7 Å². The first-order valence-corrected chi connectivity index (χ1v) is 8.02. The molecule has 0 aliphatic heterocycles. The van der Waals surface area contributed by atoms with Crippen molar-refractivity contribution >= 4 is 28.9 Å². The Morgan fingerprint density at radius 3 is 2.81 bits per heavy atom. The Balaban J connectivity index is 1.97. The SMILES string of the molecule is CCCCCSCCCC(=O)c1cccs1. The highest BCUT2D eigenvalue weighted by Crippen LogP contribution is 2.14. The van der Waals surface area contributed by atoms with Crippen LogP contribution in [0.2, 0.25) is 0 Å². The number of rotatable bonds is 9. The Labute approximate surface area is 107 Å². The first-order valence-electron chi connectivity index (χ1n) is 5.99. The maximum Gasteiger partial charge on any atom is 0.172 e. The number of carbonyl (C=O) groups is 1. The maximum atomic E-state index is 11.6. The van der Waals surface area contributed by atoms with E-state index in [1.807, 2.05) is 29.3 Å². The summed E-state index contributed by atoms with van der Waals surface area (Å²) in [7, 11) is 0. The Bertz CT molecular complexity index is 280. The summed E-state index contributed by atoms with van der Waals surface area (Å²) in [6.45, 7) is 2.23. The molecule has 1 rings (SSSR count). The molecule has 0 spiro atoms. The zero-order chi connectivity index (χ0) is 11.6. The molecule has 0 atom stereocenters. The predicted octanol–water partition coefficient (Wildman–Crippen LogP) is 4.63. The van der Waals surface area contributed by atoms with Crippen molar-refractivity contribution < 1.29 is 4.79 Å². The first-order chi connectivity index (χ1) is 7.84. The van der Waals surface area contributed by atoms with Gasteiger partial charge in [-0.2, -0.15) is 11.8 Å². The molecule has 1 nitrogen and oxygen atoms in total. The van der Waals surface area contributed by atoms with Gasteiger partial charge in [0.2, 0.25) is 0 Å². The van der Waals surface area contributed by atoms with E-state index in [2.05, 4.69) is 6.92 Å². The third-order valence-electron chi connectivity index (χ3n) is 2.38. The van der Waals surface area contributed by atoms with E-state index in [1.54, 1.807) is 11.3 Å². The fourth-order valence-electron chi connectivity index (χ4n) is 1.45. The molecule has 0 aliphatic rings. The van der Waals surface area contributed by atoms with Crippen molar-refractivity contribution in [2.75, 3.05) is 11.5 Å². The zero-order valence-electron chi connectivity index (χ0n) is 9.91. The number of unbranched alkanes of at least 4 members (excludes halogenated alkanes) is 2. The van der Waals surface area contributed by atoms with Gasteiger partial charge in [-0.05, 0) is 35.8 Å². The van der Waals surface area contributed by atoms with Gasteiger partial charge in [0, 0.05) is 6.42 Å². The van der Waals surface area contributed by atoms with E-state index in [1.165, 1.54) is 25.0 Å². The molecule has 0 aliphatic carbocycles. The minimum Gasteiger partial charge on any atom is -0.293 e. The highest BCUT2D eigenvalue weighted by Gasteiger charge is 2.05. The summed E-state index contributed by atoms with van der Waals surface area (Å²) in [6, 6.07) is 3.86. The van der Waals surface area contributed by atoms with Crippen LogP contribution in [0.5, 0.6) is 0 Å². The van der Waals surface area contributed by atoms with Crippen molar-refractivity contribution in [1.82, 2.24) is 0 Å². The monoisotopic (exact) mass is 256 g/mol. The van der Waals surface area contributed by atoms with Gasteiger partial charge in [0.25, 0.3) is 0 Å². The van der Waals surface area contributed by atoms with E-state index in [9.17, 15) is 4.79 Å². The summed E-state index contributed by atoms with van der Waals surface area (Å²) in [5, 5.41) is 1.97. The summed E-state index contributed by atoms with van der Waals surface area (Å²) < 4.78 is 0. The fraction of sp³-hybridized carbons (Fsp3) is 0.615. The Kier molecular flexibility index (Phi) is 7.60. The quantitative estimate of drug-likeness (QED) is 0.473. The molecule has 1 aromatic rings. The van der Waals surface area contributed by atoms with Gasteiger partial charge in [-0.25, -0.2) is 0 Å². The van der Waals surface area contributed by atoms with Gasteiger partial charge in [0.05, 0.1) is 4.88 Å². The van der Waals surface area contributed by atoms with E-state index in [0.717, 1.165) is 17.1 Å². The molecular weight excluding hydrogens is 236 g/mol. The van der Waals surface area contributed by atoms with Gasteiger partial charge in [0.15, 0.2) is 5.78 Å². The van der Waals surface area contributed by atoms with Crippen LogP contribution in [-0.4, -0.2) is 17.3 Å². The normalized spacial score (nSPS) is 10.6. The second-order valence-corrected chi connectivity index (χ2v) is 6.00. The van der Waals surface area contributed by atoms with Gasteiger partial charge in [-0.3, -0.25) is 4.79 Å². The summed E-state index contributed by atoms with van der Waals surface area (Å²) in [6.07, 6.45) is 5.67. The fourth-order valence-corrected chi connectivity index (χ4v) is 3.11. The first kappa shape index (κ1) is 13.8. The van der Waals surface area contributed by atoms with Crippen molar-refractivity contribution in [2.24, 2.45) is 0 Å². The summed E-state index contributed by atoms with van der Waals surface area (Å²) in [4.78, 5) is 12.6. The van der Waals surface area contributed by atoms with Crippen LogP contribution in [0.4, 0.5) is 0 Å². The van der Waals surface area contributed by atoms with E-state index < -0.39 is 0 Å². The van der Waals surface area contributed by atoms with Crippen LogP contribution in [0.3, 0.4) is 0 Å². The van der Waals surface area contributed by atoms with Crippen molar-refractivity contribution in [1.29, 1.82) is 0 Å². The van der Waals surface area contributed by atoms with Crippen molar-refractivity contribution in [3.05, 3.63) is 22.4 Å². The summed E-state index contributed by atoms with van der Waals surface area (Å²) >= 11 is 3.53. The smallest absolute Gasteiger partial charge is 0.172 e. The number of thioether (sulfide) groups is 1. The molecule has 0 saturated heterocycles. The van der Waals surface area contributed by atoms with Gasteiger partial charge < -0.3 is 0 Å². The van der Waals surface area contributed by atoms with Crippen LogP contribution in [0, 0.1) is 0 Å². The number of carbonyl (C=O) groups excluding carboxylic acids is 1. The van der Waals surface area contributed by atoms with E-state index in [-0.39, 0.29) is 0 Å². The second kappa shape index (κ2) is 8.82. The minimum atomic E-state index is 0.309. The molecule has 0 fully saturated rings. The molecule has 0 bridgehead atoms. The van der Waals surface area contributed by atoms with Crippen LogP contribution >= 0.6 is 23.1 Å². The lowest BCUT2D eigenvalue weighted by Gasteiger charge is -2.00. The van der Waals surface area contributed by atoms with Crippen LogP contribution in [-0.2, 0) is 0 Å². The maximum absolute atomic E-state index is 11.6. The number of Topliss-reactive ketones (excluding diaryl/α,β-unsaturated/α-hetero) is 1. The van der Waals surface area contributed by atoms with Gasteiger partial charge in [0.1, 0.15) is 0 Å². The standard InChI is InChI=1S/C13H20OS2/c1-2-3-4-9-15-10-5-7-12(14)13-8-6-11-16-13/h6,8,11H,2-5,7,9-10H2,1H3. The molecule has 3 heteroatoms. The van der Waals surface area contributed by atoms with Gasteiger partial charge in [-0.1, -0.05) is 25.8 Å². The molecule has 90 valence electrons. The number of hydrogen-bond acceptors (Lipinski definition) is 3. The summed E-state index contributed by atoms with van der Waals surface area (Å²) in [5.41, 5.74) is 0. The largest absolute Gasteiger partial charge is 0.293 e. The average Bonchev–Trinajstić information content (AvgIpc) is 2.81. The molecular formula is C13H20OS2. The number of hydrogen-bond donors (Lipinski definition) is 0. The van der Waals surface area contributed by atoms with Crippen LogP contribution in [0.25, 0.3) is 0 Å². The Morgan fingerprint density at radius 2 is 2.12 bits per heavy atom. The molecule has 16 heavy (non-hydrogen) atoms. The van der Waals surface area contributed by atoms with E-state index in [4.69, 9.17) is 0 Å². The molecule has 1 aromatic heterocycles. The highest BCUT2D eigenvalue weighted by molar-refractivity contribution is 7.99. The molecule has 0 radical (unpaired) electrons. The third-order valence-corrected chi connectivity index (χ3v) is 4.45. The van der Waals surface area contributed by atoms with Gasteiger partial charge in [-0.15, -0.1) is 11.3 Å². The summed E-state index contributed by atoms with van der Waals surface area (Å²) in [5.74, 6) is 2.69. The van der Waals surface area contributed by atoms with E-state index in [0.29, 0.717) is 12.2 Å². The molecule has 0 N–H and O–H groups in total. The van der Waals surface area contributed by atoms with Crippen molar-refractivity contribution in [3.63, 3.8) is 0 Å². The van der Waals surface area contributed by atoms with Crippen molar-refractivity contribution in [3.8, 4) is 0 Å². The van der Waals surface area contributed by atoms with Gasteiger partial charge >= 0.3 is 0 Å². The van der Waals surface area contributed by atoms with Crippen LogP contribution < -0.4 is 0 Å². The molecule has 0 aromatic carbocycles. The Hall–Kier alpha value is -0.280. The molecule has 0 amide bonds. The van der Waals surface area contributed by atoms with E-state index >= 15 is 0 Å². The number of thiophene rings is 1. The predicted molar refractivity (Wildman–Crippen MR) is 74.7 cm³/mol. The number of ketones is 1. The molecule has 1 heterocycles. The molecule has 0 saturated carbocycles.